The molecule has 0 saturated carbocycles. The summed E-state index contributed by atoms with van der Waals surface area (Å²) in [5.41, 5.74) is 2.17. The van der Waals surface area contributed by atoms with Crippen molar-refractivity contribution in [1.82, 2.24) is 4.90 Å². The molecule has 19 heavy (non-hydrogen) atoms. The van der Waals surface area contributed by atoms with Gasteiger partial charge in [0.05, 0.1) is 0 Å². The molecule has 1 saturated heterocycles. The number of amides is 2. The molecule has 1 aromatic rings. The van der Waals surface area contributed by atoms with Crippen LogP contribution in [-0.2, 0) is 16.0 Å². The average molecular weight is 260 g/mol. The van der Waals surface area contributed by atoms with Crippen molar-refractivity contribution in [1.29, 1.82) is 0 Å². The van der Waals surface area contributed by atoms with Gasteiger partial charge in [-0.15, -0.1) is 0 Å². The molecule has 0 N–H and O–H groups in total. The smallest absolute Gasteiger partial charge is 0.249 e. The Morgan fingerprint density at radius 3 is 2.42 bits per heavy atom. The van der Waals surface area contributed by atoms with Crippen molar-refractivity contribution in [3.8, 4) is 0 Å². The van der Waals surface area contributed by atoms with Gasteiger partial charge in [0.25, 0.3) is 0 Å². The number of nitrogens with zero attached hydrogens (tertiary/aromatic N) is 2. The van der Waals surface area contributed by atoms with Gasteiger partial charge in [-0.3, -0.25) is 9.59 Å². The first kappa shape index (κ1) is 13.6. The van der Waals surface area contributed by atoms with Crippen molar-refractivity contribution >= 4 is 17.5 Å². The number of carbonyl (C=O) groups is 2. The zero-order valence-electron chi connectivity index (χ0n) is 11.7. The lowest BCUT2D eigenvalue weighted by Gasteiger charge is -2.38. The second-order valence-electron chi connectivity index (χ2n) is 4.90. The van der Waals surface area contributed by atoms with Gasteiger partial charge >= 0.3 is 0 Å². The van der Waals surface area contributed by atoms with Crippen molar-refractivity contribution in [2.75, 3.05) is 18.0 Å². The lowest BCUT2D eigenvalue weighted by atomic mass is 10.1. The Bertz CT molecular complexity index is 481. The Morgan fingerprint density at radius 1 is 1.26 bits per heavy atom. The largest absolute Gasteiger partial charge is 0.329 e. The fraction of sp³-hybridized carbons (Fsp3) is 0.467. The second kappa shape index (κ2) is 5.43. The summed E-state index contributed by atoms with van der Waals surface area (Å²) in [6.45, 7) is 6.56. The van der Waals surface area contributed by atoms with E-state index in [0.717, 1.165) is 12.1 Å². The van der Waals surface area contributed by atoms with E-state index in [-0.39, 0.29) is 17.9 Å². The molecule has 0 aliphatic carbocycles. The summed E-state index contributed by atoms with van der Waals surface area (Å²) in [7, 11) is 0. The van der Waals surface area contributed by atoms with Crippen LogP contribution in [0.25, 0.3) is 0 Å². The van der Waals surface area contributed by atoms with Crippen molar-refractivity contribution in [3.05, 3.63) is 29.8 Å². The summed E-state index contributed by atoms with van der Waals surface area (Å²) < 4.78 is 0. The summed E-state index contributed by atoms with van der Waals surface area (Å²) >= 11 is 0. The molecule has 0 aromatic heterocycles. The third kappa shape index (κ3) is 2.62. The molecule has 0 spiro atoms. The Balaban J connectivity index is 2.18. The molecule has 1 fully saturated rings. The molecule has 1 aromatic carbocycles. The highest BCUT2D eigenvalue weighted by Gasteiger charge is 2.33. The van der Waals surface area contributed by atoms with Crippen LogP contribution in [0.5, 0.6) is 0 Å². The number of piperazine rings is 1. The zero-order valence-corrected chi connectivity index (χ0v) is 11.7. The molecule has 1 unspecified atom stereocenters. The minimum atomic E-state index is -0.378. The normalized spacial score (nSPS) is 19.7. The van der Waals surface area contributed by atoms with Crippen LogP contribution in [0.1, 0.15) is 26.3 Å². The van der Waals surface area contributed by atoms with Gasteiger partial charge in [0.2, 0.25) is 11.8 Å². The molecule has 1 aliphatic heterocycles. The molecule has 4 nitrogen and oxygen atoms in total. The summed E-state index contributed by atoms with van der Waals surface area (Å²) in [6.07, 6.45) is 0.989. The molecule has 0 radical (unpaired) electrons. The van der Waals surface area contributed by atoms with Crippen molar-refractivity contribution in [2.45, 2.75) is 33.2 Å². The van der Waals surface area contributed by atoms with E-state index >= 15 is 0 Å². The predicted octanol–water partition coefficient (Wildman–Crippen LogP) is 1.83. The van der Waals surface area contributed by atoms with Crippen molar-refractivity contribution < 1.29 is 9.59 Å². The van der Waals surface area contributed by atoms with Crippen LogP contribution in [0.15, 0.2) is 24.3 Å². The van der Waals surface area contributed by atoms with Crippen LogP contribution in [-0.4, -0.2) is 35.8 Å². The Morgan fingerprint density at radius 2 is 1.89 bits per heavy atom. The van der Waals surface area contributed by atoms with Crippen LogP contribution < -0.4 is 4.90 Å². The number of carbonyl (C=O) groups excluding carboxylic acids is 2. The summed E-state index contributed by atoms with van der Waals surface area (Å²) in [4.78, 5) is 27.2. The lowest BCUT2D eigenvalue weighted by Crippen LogP contribution is -2.57. The molecule has 102 valence electrons. The van der Waals surface area contributed by atoms with Gasteiger partial charge in [0, 0.05) is 25.7 Å². The van der Waals surface area contributed by atoms with E-state index in [0.29, 0.717) is 13.1 Å². The monoisotopic (exact) mass is 260 g/mol. The van der Waals surface area contributed by atoms with Gasteiger partial charge in [-0.1, -0.05) is 19.1 Å². The highest BCUT2D eigenvalue weighted by Crippen LogP contribution is 2.21. The molecule has 2 amide bonds. The van der Waals surface area contributed by atoms with Gasteiger partial charge < -0.3 is 9.80 Å². The van der Waals surface area contributed by atoms with E-state index < -0.39 is 0 Å². The molecule has 2 rings (SSSR count). The predicted molar refractivity (Wildman–Crippen MR) is 75.0 cm³/mol. The lowest BCUT2D eigenvalue weighted by molar-refractivity contribution is -0.139. The molecular weight excluding hydrogens is 240 g/mol. The highest BCUT2D eigenvalue weighted by atomic mass is 16.2. The molecule has 4 heteroatoms. The first-order valence-corrected chi connectivity index (χ1v) is 6.72. The number of hydrogen-bond donors (Lipinski definition) is 0. The fourth-order valence-corrected chi connectivity index (χ4v) is 2.47. The number of hydrogen-bond acceptors (Lipinski definition) is 2. The minimum absolute atomic E-state index is 0.00861. The van der Waals surface area contributed by atoms with Crippen molar-refractivity contribution in [3.63, 3.8) is 0 Å². The quantitative estimate of drug-likeness (QED) is 0.814. The van der Waals surface area contributed by atoms with Crippen LogP contribution >= 0.6 is 0 Å². The number of anilines is 1. The van der Waals surface area contributed by atoms with Gasteiger partial charge in [0.1, 0.15) is 6.04 Å². The van der Waals surface area contributed by atoms with E-state index in [1.54, 1.807) is 16.7 Å². The maximum Gasteiger partial charge on any atom is 0.249 e. The zero-order chi connectivity index (χ0) is 14.0. The molecular formula is C15H20N2O2. The number of benzene rings is 1. The second-order valence-corrected chi connectivity index (χ2v) is 4.90. The number of aryl methyl sites for hydroxylation is 1. The Labute approximate surface area is 114 Å². The Hall–Kier alpha value is -1.84. The summed E-state index contributed by atoms with van der Waals surface area (Å²) in [5, 5.41) is 0. The SMILES string of the molecule is CCc1ccc(N2CCN(C(C)=O)C(C)C2=O)cc1. The third-order valence-electron chi connectivity index (χ3n) is 3.72. The maximum atomic E-state index is 12.3. The van der Waals surface area contributed by atoms with E-state index in [4.69, 9.17) is 0 Å². The molecule has 1 aliphatic rings. The van der Waals surface area contributed by atoms with Gasteiger partial charge in [-0.2, -0.15) is 0 Å². The first-order chi connectivity index (χ1) is 9.04. The van der Waals surface area contributed by atoms with E-state index in [1.165, 1.54) is 12.5 Å². The standard InChI is InChI=1S/C15H20N2O2/c1-4-13-5-7-14(8-6-13)17-10-9-16(12(3)18)11(2)15(17)19/h5-8,11H,4,9-10H2,1-3H3. The van der Waals surface area contributed by atoms with Gasteiger partial charge in [-0.25, -0.2) is 0 Å². The van der Waals surface area contributed by atoms with E-state index in [2.05, 4.69) is 6.92 Å². The fourth-order valence-electron chi connectivity index (χ4n) is 2.47. The average Bonchev–Trinajstić information content (AvgIpc) is 2.41. The van der Waals surface area contributed by atoms with Crippen molar-refractivity contribution in [2.24, 2.45) is 0 Å². The van der Waals surface area contributed by atoms with E-state index in [9.17, 15) is 9.59 Å². The van der Waals surface area contributed by atoms with E-state index in [1.807, 2.05) is 24.3 Å². The number of rotatable bonds is 2. The van der Waals surface area contributed by atoms with Gasteiger partial charge in [-0.05, 0) is 31.0 Å². The minimum Gasteiger partial charge on any atom is -0.329 e. The summed E-state index contributed by atoms with van der Waals surface area (Å²) in [6, 6.07) is 7.67. The first-order valence-electron chi connectivity index (χ1n) is 6.72. The highest BCUT2D eigenvalue weighted by molar-refractivity contribution is 5.99. The maximum absolute atomic E-state index is 12.3. The third-order valence-corrected chi connectivity index (χ3v) is 3.72. The van der Waals surface area contributed by atoms with Crippen LogP contribution in [0.2, 0.25) is 0 Å². The van der Waals surface area contributed by atoms with Gasteiger partial charge in [0.15, 0.2) is 0 Å². The van der Waals surface area contributed by atoms with Crippen LogP contribution in [0.4, 0.5) is 5.69 Å². The molecule has 0 bridgehead atoms. The Kier molecular flexibility index (Phi) is 3.88. The molecule has 1 atom stereocenters. The van der Waals surface area contributed by atoms with Crippen LogP contribution in [0, 0.1) is 0 Å². The molecule has 1 heterocycles. The topological polar surface area (TPSA) is 40.6 Å². The summed E-state index contributed by atoms with van der Waals surface area (Å²) in [5.74, 6) is -0.0486. The van der Waals surface area contributed by atoms with Crippen LogP contribution in [0.3, 0.4) is 0 Å².